The number of rotatable bonds is 1. The van der Waals surface area contributed by atoms with Gasteiger partial charge in [-0.3, -0.25) is 0 Å². The first kappa shape index (κ1) is 9.37. The van der Waals surface area contributed by atoms with E-state index in [4.69, 9.17) is 5.73 Å². The zero-order valence-corrected chi connectivity index (χ0v) is 8.52. The lowest BCUT2D eigenvalue weighted by Gasteiger charge is -2.38. The molecule has 1 nitrogen and oxygen atoms in total. The van der Waals surface area contributed by atoms with Crippen molar-refractivity contribution in [1.29, 1.82) is 0 Å². The van der Waals surface area contributed by atoms with E-state index in [1.54, 1.807) is 6.20 Å². The fraction of sp³-hybridized carbons (Fsp3) is 0.636. The lowest BCUT2D eigenvalue weighted by molar-refractivity contribution is 0.201. The number of hydrogen-bond donors (Lipinski definition) is 1. The van der Waals surface area contributed by atoms with E-state index in [0.717, 1.165) is 6.42 Å². The summed E-state index contributed by atoms with van der Waals surface area (Å²) in [5.41, 5.74) is 7.33. The molecule has 1 atom stereocenters. The fourth-order valence-electron chi connectivity index (χ4n) is 1.94. The van der Waals surface area contributed by atoms with Gasteiger partial charge in [0.05, 0.1) is 0 Å². The smallest absolute Gasteiger partial charge is 0.00218 e. The van der Waals surface area contributed by atoms with E-state index in [9.17, 15) is 0 Å². The van der Waals surface area contributed by atoms with Crippen molar-refractivity contribution < 1.29 is 0 Å². The predicted octanol–water partition coefficient (Wildman–Crippen LogP) is 2.84. The molecule has 0 aromatic heterocycles. The first-order chi connectivity index (χ1) is 5.48. The largest absolute Gasteiger partial charge is 0.404 e. The SMILES string of the molecule is CC[C@@]1(C)/C(=C\N)C=CC1(C)C. The topological polar surface area (TPSA) is 26.0 Å². The van der Waals surface area contributed by atoms with Gasteiger partial charge in [0.1, 0.15) is 0 Å². The van der Waals surface area contributed by atoms with Crippen LogP contribution in [0, 0.1) is 10.8 Å². The molecule has 0 aromatic carbocycles. The molecule has 0 aliphatic heterocycles. The van der Waals surface area contributed by atoms with E-state index in [0.29, 0.717) is 0 Å². The van der Waals surface area contributed by atoms with Crippen LogP contribution in [0.2, 0.25) is 0 Å². The summed E-state index contributed by atoms with van der Waals surface area (Å²) < 4.78 is 0. The zero-order chi connectivity index (χ0) is 9.41. The van der Waals surface area contributed by atoms with Crippen molar-refractivity contribution in [3.05, 3.63) is 23.9 Å². The third kappa shape index (κ3) is 0.996. The van der Waals surface area contributed by atoms with E-state index in [2.05, 4.69) is 39.8 Å². The maximum Gasteiger partial charge on any atom is 0.00218 e. The molecule has 68 valence electrons. The Labute approximate surface area is 75.3 Å². The third-order valence-electron chi connectivity index (χ3n) is 3.63. The van der Waals surface area contributed by atoms with Crippen LogP contribution < -0.4 is 5.73 Å². The standard InChI is InChI=1S/C11H19N/c1-5-11(4)9(8-12)6-7-10(11,2)3/h6-8H,5,12H2,1-4H3/b9-8-/t11-/m0/s1. The average Bonchev–Trinajstić information content (AvgIpc) is 2.25. The second-order valence-corrected chi connectivity index (χ2v) is 4.36. The van der Waals surface area contributed by atoms with Crippen LogP contribution in [0.4, 0.5) is 0 Å². The molecule has 0 saturated carbocycles. The van der Waals surface area contributed by atoms with Gasteiger partial charge in [0.15, 0.2) is 0 Å². The first-order valence-electron chi connectivity index (χ1n) is 4.59. The Morgan fingerprint density at radius 2 is 2.00 bits per heavy atom. The van der Waals surface area contributed by atoms with Crippen molar-refractivity contribution in [3.8, 4) is 0 Å². The van der Waals surface area contributed by atoms with Crippen LogP contribution in [0.1, 0.15) is 34.1 Å². The second kappa shape index (κ2) is 2.65. The van der Waals surface area contributed by atoms with Gasteiger partial charge >= 0.3 is 0 Å². The maximum atomic E-state index is 5.59. The van der Waals surface area contributed by atoms with E-state index in [1.165, 1.54) is 5.57 Å². The molecule has 0 amide bonds. The second-order valence-electron chi connectivity index (χ2n) is 4.36. The van der Waals surface area contributed by atoms with E-state index < -0.39 is 0 Å². The highest BCUT2D eigenvalue weighted by Crippen LogP contribution is 2.52. The molecule has 0 radical (unpaired) electrons. The molecule has 0 aromatic rings. The summed E-state index contributed by atoms with van der Waals surface area (Å²) in [7, 11) is 0. The predicted molar refractivity (Wildman–Crippen MR) is 53.6 cm³/mol. The summed E-state index contributed by atoms with van der Waals surface area (Å²) in [6.07, 6.45) is 7.30. The maximum absolute atomic E-state index is 5.59. The fourth-order valence-corrected chi connectivity index (χ4v) is 1.94. The Balaban J connectivity index is 3.11. The van der Waals surface area contributed by atoms with Crippen molar-refractivity contribution in [1.82, 2.24) is 0 Å². The van der Waals surface area contributed by atoms with Crippen molar-refractivity contribution in [2.45, 2.75) is 34.1 Å². The first-order valence-corrected chi connectivity index (χ1v) is 4.59. The van der Waals surface area contributed by atoms with Crippen molar-refractivity contribution in [3.63, 3.8) is 0 Å². The van der Waals surface area contributed by atoms with Crippen LogP contribution in [0.15, 0.2) is 23.9 Å². The summed E-state index contributed by atoms with van der Waals surface area (Å²) in [5, 5.41) is 0. The van der Waals surface area contributed by atoms with Crippen molar-refractivity contribution in [2.24, 2.45) is 16.6 Å². The normalized spacial score (nSPS) is 36.2. The minimum atomic E-state index is 0.224. The van der Waals surface area contributed by atoms with Gasteiger partial charge in [-0.2, -0.15) is 0 Å². The quantitative estimate of drug-likeness (QED) is 0.635. The van der Waals surface area contributed by atoms with Crippen LogP contribution >= 0.6 is 0 Å². The summed E-state index contributed by atoms with van der Waals surface area (Å²) in [6, 6.07) is 0. The van der Waals surface area contributed by atoms with Gasteiger partial charge < -0.3 is 5.73 Å². The molecule has 0 unspecified atom stereocenters. The van der Waals surface area contributed by atoms with Gasteiger partial charge in [-0.1, -0.05) is 39.8 Å². The highest BCUT2D eigenvalue weighted by Gasteiger charge is 2.43. The molecule has 1 heteroatoms. The summed E-state index contributed by atoms with van der Waals surface area (Å²) in [6.45, 7) is 9.04. The van der Waals surface area contributed by atoms with Gasteiger partial charge in [-0.25, -0.2) is 0 Å². The van der Waals surface area contributed by atoms with Crippen LogP contribution in [-0.4, -0.2) is 0 Å². The molecule has 0 spiro atoms. The minimum Gasteiger partial charge on any atom is -0.404 e. The van der Waals surface area contributed by atoms with Crippen LogP contribution in [-0.2, 0) is 0 Å². The number of nitrogens with two attached hydrogens (primary N) is 1. The molecule has 0 bridgehead atoms. The molecule has 1 rings (SSSR count). The van der Waals surface area contributed by atoms with E-state index in [-0.39, 0.29) is 10.8 Å². The summed E-state index contributed by atoms with van der Waals surface area (Å²) in [5.74, 6) is 0. The van der Waals surface area contributed by atoms with Gasteiger partial charge in [0.25, 0.3) is 0 Å². The minimum absolute atomic E-state index is 0.224. The molecule has 0 saturated heterocycles. The Bertz CT molecular complexity index is 235. The lowest BCUT2D eigenvalue weighted by Crippen LogP contribution is -2.30. The van der Waals surface area contributed by atoms with Gasteiger partial charge in [0.2, 0.25) is 0 Å². The monoisotopic (exact) mass is 165 g/mol. The van der Waals surface area contributed by atoms with Crippen molar-refractivity contribution >= 4 is 0 Å². The average molecular weight is 165 g/mol. The Kier molecular flexibility index (Phi) is 2.07. The molecular formula is C11H19N. The Morgan fingerprint density at radius 3 is 2.33 bits per heavy atom. The summed E-state index contributed by atoms with van der Waals surface area (Å²) >= 11 is 0. The Morgan fingerprint density at radius 1 is 1.42 bits per heavy atom. The third-order valence-corrected chi connectivity index (χ3v) is 3.63. The number of hydrogen-bond acceptors (Lipinski definition) is 1. The van der Waals surface area contributed by atoms with Gasteiger partial charge in [0, 0.05) is 5.41 Å². The summed E-state index contributed by atoms with van der Waals surface area (Å²) in [4.78, 5) is 0. The molecule has 1 aliphatic carbocycles. The van der Waals surface area contributed by atoms with Gasteiger partial charge in [-0.15, -0.1) is 0 Å². The molecular weight excluding hydrogens is 146 g/mol. The molecule has 0 heterocycles. The number of allylic oxidation sites excluding steroid dienone is 3. The van der Waals surface area contributed by atoms with Crippen LogP contribution in [0.25, 0.3) is 0 Å². The van der Waals surface area contributed by atoms with E-state index in [1.807, 2.05) is 0 Å². The van der Waals surface area contributed by atoms with Gasteiger partial charge in [-0.05, 0) is 23.6 Å². The van der Waals surface area contributed by atoms with Crippen LogP contribution in [0.3, 0.4) is 0 Å². The van der Waals surface area contributed by atoms with Crippen molar-refractivity contribution in [2.75, 3.05) is 0 Å². The van der Waals surface area contributed by atoms with Crippen LogP contribution in [0.5, 0.6) is 0 Å². The highest BCUT2D eigenvalue weighted by molar-refractivity contribution is 5.37. The molecule has 1 aliphatic rings. The highest BCUT2D eigenvalue weighted by atomic mass is 14.5. The Hall–Kier alpha value is -0.720. The zero-order valence-electron chi connectivity index (χ0n) is 8.52. The molecule has 12 heavy (non-hydrogen) atoms. The lowest BCUT2D eigenvalue weighted by atomic mass is 9.65. The van der Waals surface area contributed by atoms with E-state index >= 15 is 0 Å². The molecule has 2 N–H and O–H groups in total. The molecule has 0 fully saturated rings.